The van der Waals surface area contributed by atoms with Gasteiger partial charge in [0.2, 0.25) is 5.91 Å². The number of quaternary nitrogens is 1. The van der Waals surface area contributed by atoms with Crippen LogP contribution in [-0.4, -0.2) is 64.5 Å². The van der Waals surface area contributed by atoms with Crippen LogP contribution in [0.2, 0.25) is 0 Å². The molecule has 120 valence electrons. The second-order valence-electron chi connectivity index (χ2n) is 7.23. The van der Waals surface area contributed by atoms with Gasteiger partial charge in [-0.3, -0.25) is 4.79 Å². The van der Waals surface area contributed by atoms with Crippen LogP contribution < -0.4 is 5.32 Å². The highest BCUT2D eigenvalue weighted by Gasteiger charge is 2.21. The van der Waals surface area contributed by atoms with Crippen molar-refractivity contribution in [3.8, 4) is 0 Å². The summed E-state index contributed by atoms with van der Waals surface area (Å²) in [5.74, 6) is 0.315. The Kier molecular flexibility index (Phi) is 7.18. The number of hydrogen-bond acceptors (Lipinski definition) is 3. The van der Waals surface area contributed by atoms with Crippen molar-refractivity contribution in [1.82, 2.24) is 5.32 Å². The summed E-state index contributed by atoms with van der Waals surface area (Å²) >= 11 is 0. The molecule has 0 aliphatic carbocycles. The molecule has 0 aliphatic rings. The second-order valence-corrected chi connectivity index (χ2v) is 9.49. The zero-order valence-electron chi connectivity index (χ0n) is 13.8. The van der Waals surface area contributed by atoms with E-state index in [1.165, 1.54) is 6.26 Å². The second kappa shape index (κ2) is 7.41. The van der Waals surface area contributed by atoms with Crippen molar-refractivity contribution in [3.05, 3.63) is 0 Å². The molecule has 1 amide bonds. The topological polar surface area (TPSA) is 63.2 Å². The minimum absolute atomic E-state index is 0.0693. The lowest BCUT2D eigenvalue weighted by Gasteiger charge is -2.30. The van der Waals surface area contributed by atoms with E-state index in [-0.39, 0.29) is 17.1 Å². The minimum Gasteiger partial charge on any atom is -0.355 e. The van der Waals surface area contributed by atoms with Gasteiger partial charge in [0.05, 0.1) is 32.9 Å². The molecule has 0 saturated heterocycles. The SMILES string of the molecule is CC(C)(C)C(=O)NCCC[N+](C)(C)CCCS(C)(=O)=O. The molecule has 0 spiro atoms. The van der Waals surface area contributed by atoms with Crippen molar-refractivity contribution < 1.29 is 17.7 Å². The van der Waals surface area contributed by atoms with Gasteiger partial charge in [0.25, 0.3) is 0 Å². The maximum Gasteiger partial charge on any atom is 0.225 e. The van der Waals surface area contributed by atoms with Crippen LogP contribution >= 0.6 is 0 Å². The average Bonchev–Trinajstić information content (AvgIpc) is 2.20. The molecule has 0 fully saturated rings. The number of nitrogens with zero attached hydrogens (tertiary/aromatic N) is 1. The van der Waals surface area contributed by atoms with E-state index >= 15 is 0 Å². The third-order valence-electron chi connectivity index (χ3n) is 3.19. The molecule has 1 N–H and O–H groups in total. The molecule has 0 saturated carbocycles. The standard InChI is InChI=1S/C14H30N2O3S/c1-14(2,3)13(17)15-9-7-10-16(4,5)11-8-12-20(6,18)19/h7-12H2,1-6H3/p+1. The van der Waals surface area contributed by atoms with Gasteiger partial charge < -0.3 is 9.80 Å². The third kappa shape index (κ3) is 10.2. The van der Waals surface area contributed by atoms with Gasteiger partial charge in [-0.25, -0.2) is 8.42 Å². The molecule has 0 heterocycles. The average molecular weight is 307 g/mol. The molecule has 0 aromatic rings. The lowest BCUT2D eigenvalue weighted by molar-refractivity contribution is -0.890. The number of hydrogen-bond donors (Lipinski definition) is 1. The van der Waals surface area contributed by atoms with Crippen LogP contribution in [0.4, 0.5) is 0 Å². The largest absolute Gasteiger partial charge is 0.355 e. The summed E-state index contributed by atoms with van der Waals surface area (Å²) in [6.07, 6.45) is 2.85. The molecule has 0 rings (SSSR count). The summed E-state index contributed by atoms with van der Waals surface area (Å²) in [7, 11) is 1.32. The molecule has 0 aromatic carbocycles. The minimum atomic E-state index is -2.87. The van der Waals surface area contributed by atoms with Gasteiger partial charge in [0.15, 0.2) is 0 Å². The van der Waals surface area contributed by atoms with E-state index in [4.69, 9.17) is 0 Å². The Labute approximate surface area is 124 Å². The van der Waals surface area contributed by atoms with Gasteiger partial charge in [-0.1, -0.05) is 20.8 Å². The Morgan fingerprint density at radius 2 is 1.60 bits per heavy atom. The Hall–Kier alpha value is -0.620. The van der Waals surface area contributed by atoms with Crippen LogP contribution in [0.25, 0.3) is 0 Å². The van der Waals surface area contributed by atoms with Crippen LogP contribution in [0.5, 0.6) is 0 Å². The molecule has 0 aromatic heterocycles. The molecule has 6 heteroatoms. The fraction of sp³-hybridized carbons (Fsp3) is 0.929. The fourth-order valence-corrected chi connectivity index (χ4v) is 2.49. The van der Waals surface area contributed by atoms with Crippen molar-refractivity contribution in [2.75, 3.05) is 45.7 Å². The third-order valence-corrected chi connectivity index (χ3v) is 4.22. The molecule has 0 atom stereocenters. The lowest BCUT2D eigenvalue weighted by atomic mass is 9.96. The molecule has 0 aliphatic heterocycles. The Bertz CT molecular complexity index is 409. The van der Waals surface area contributed by atoms with Crippen LogP contribution in [0.1, 0.15) is 33.6 Å². The number of amides is 1. The van der Waals surface area contributed by atoms with Crippen molar-refractivity contribution in [2.45, 2.75) is 33.6 Å². The van der Waals surface area contributed by atoms with Crippen LogP contribution in [0.15, 0.2) is 0 Å². The maximum absolute atomic E-state index is 11.7. The highest BCUT2D eigenvalue weighted by molar-refractivity contribution is 7.90. The first-order valence-corrected chi connectivity index (χ1v) is 9.18. The number of rotatable bonds is 8. The fourth-order valence-electron chi connectivity index (χ4n) is 1.84. The Morgan fingerprint density at radius 1 is 1.10 bits per heavy atom. The Balaban J connectivity index is 3.91. The first-order chi connectivity index (χ1) is 8.83. The van der Waals surface area contributed by atoms with Gasteiger partial charge in [-0.05, 0) is 0 Å². The summed E-state index contributed by atoms with van der Waals surface area (Å²) in [5, 5.41) is 2.93. The zero-order chi connectivity index (χ0) is 16.0. The van der Waals surface area contributed by atoms with E-state index in [2.05, 4.69) is 19.4 Å². The van der Waals surface area contributed by atoms with Crippen LogP contribution in [0, 0.1) is 5.41 Å². The van der Waals surface area contributed by atoms with Gasteiger partial charge in [0, 0.05) is 31.1 Å². The quantitative estimate of drug-likeness (QED) is 0.538. The summed E-state index contributed by atoms with van der Waals surface area (Å²) in [5.41, 5.74) is -0.347. The first kappa shape index (κ1) is 19.4. The smallest absolute Gasteiger partial charge is 0.225 e. The molecular formula is C14H31N2O3S+. The van der Waals surface area contributed by atoms with E-state index in [1.807, 2.05) is 20.8 Å². The van der Waals surface area contributed by atoms with E-state index < -0.39 is 9.84 Å². The van der Waals surface area contributed by atoms with Gasteiger partial charge in [0.1, 0.15) is 9.84 Å². The van der Waals surface area contributed by atoms with E-state index in [9.17, 15) is 13.2 Å². The number of carbonyl (C=O) groups is 1. The van der Waals surface area contributed by atoms with Crippen molar-refractivity contribution in [1.29, 1.82) is 0 Å². The summed E-state index contributed by atoms with van der Waals surface area (Å²) in [6, 6.07) is 0. The molecule has 5 nitrogen and oxygen atoms in total. The highest BCUT2D eigenvalue weighted by Crippen LogP contribution is 2.12. The number of sulfone groups is 1. The predicted molar refractivity (Wildman–Crippen MR) is 83.3 cm³/mol. The maximum atomic E-state index is 11.7. The lowest BCUT2D eigenvalue weighted by Crippen LogP contribution is -2.43. The van der Waals surface area contributed by atoms with Gasteiger partial charge in [-0.15, -0.1) is 0 Å². The van der Waals surface area contributed by atoms with E-state index in [1.54, 1.807) is 0 Å². The summed E-state index contributed by atoms with van der Waals surface area (Å²) < 4.78 is 23.0. The van der Waals surface area contributed by atoms with Crippen LogP contribution in [-0.2, 0) is 14.6 Å². The Morgan fingerprint density at radius 3 is 2.05 bits per heavy atom. The highest BCUT2D eigenvalue weighted by atomic mass is 32.2. The van der Waals surface area contributed by atoms with Gasteiger partial charge in [-0.2, -0.15) is 0 Å². The number of nitrogens with one attached hydrogen (secondary N) is 1. The van der Waals surface area contributed by atoms with Crippen molar-refractivity contribution in [3.63, 3.8) is 0 Å². The normalized spacial score (nSPS) is 13.3. The molecule has 0 bridgehead atoms. The van der Waals surface area contributed by atoms with E-state index in [0.29, 0.717) is 13.0 Å². The summed E-state index contributed by atoms with van der Waals surface area (Å²) in [6.45, 7) is 8.12. The molecule has 0 radical (unpaired) electrons. The van der Waals surface area contributed by atoms with Crippen molar-refractivity contribution in [2.24, 2.45) is 5.41 Å². The molecular weight excluding hydrogens is 276 g/mol. The van der Waals surface area contributed by atoms with E-state index in [0.717, 1.165) is 24.0 Å². The monoisotopic (exact) mass is 307 g/mol. The summed E-state index contributed by atoms with van der Waals surface area (Å²) in [4.78, 5) is 11.7. The molecule has 20 heavy (non-hydrogen) atoms. The van der Waals surface area contributed by atoms with Crippen molar-refractivity contribution >= 4 is 15.7 Å². The number of carbonyl (C=O) groups excluding carboxylic acids is 1. The first-order valence-electron chi connectivity index (χ1n) is 7.11. The zero-order valence-corrected chi connectivity index (χ0v) is 14.6. The predicted octanol–water partition coefficient (Wildman–Crippen LogP) is 1.05. The molecule has 0 unspecified atom stereocenters. The van der Waals surface area contributed by atoms with Crippen LogP contribution in [0.3, 0.4) is 0 Å². The van der Waals surface area contributed by atoms with Gasteiger partial charge >= 0.3 is 0 Å².